The van der Waals surface area contributed by atoms with Gasteiger partial charge in [0.2, 0.25) is 0 Å². The van der Waals surface area contributed by atoms with Gasteiger partial charge in [0.05, 0.1) is 13.7 Å². The molecule has 7 heteroatoms. The van der Waals surface area contributed by atoms with Crippen molar-refractivity contribution in [3.05, 3.63) is 24.3 Å². The molecule has 0 N–H and O–H groups in total. The van der Waals surface area contributed by atoms with E-state index in [2.05, 4.69) is 11.8 Å². The number of likely N-dealkylation sites (tertiary alicyclic amines) is 1. The Labute approximate surface area is 156 Å². The van der Waals surface area contributed by atoms with E-state index in [9.17, 15) is 13.2 Å². The zero-order valence-corrected chi connectivity index (χ0v) is 16.7. The highest BCUT2D eigenvalue weighted by Crippen LogP contribution is 2.40. The van der Waals surface area contributed by atoms with Gasteiger partial charge in [0, 0.05) is 13.1 Å². The molecular weight excluding hydrogens is 354 g/mol. The van der Waals surface area contributed by atoms with Crippen molar-refractivity contribution in [1.29, 1.82) is 0 Å². The van der Waals surface area contributed by atoms with Crippen molar-refractivity contribution in [2.45, 2.75) is 49.2 Å². The van der Waals surface area contributed by atoms with Crippen molar-refractivity contribution in [2.75, 3.05) is 33.4 Å². The summed E-state index contributed by atoms with van der Waals surface area (Å²) in [5.41, 5.74) is 0. The van der Waals surface area contributed by atoms with Crippen LogP contribution in [0, 0.1) is 0 Å². The van der Waals surface area contributed by atoms with Crippen molar-refractivity contribution < 1.29 is 22.7 Å². The average molecular weight is 384 g/mol. The molecule has 0 bridgehead atoms. The van der Waals surface area contributed by atoms with Gasteiger partial charge in [-0.1, -0.05) is 25.5 Å². The first-order valence-corrected chi connectivity index (χ1v) is 10.7. The maximum atomic E-state index is 13.5. The molecule has 0 spiro atoms. The molecule has 1 aromatic rings. The number of nitrogens with zero attached hydrogens (tertiary/aromatic N) is 1. The number of esters is 1. The molecule has 26 heavy (non-hydrogen) atoms. The van der Waals surface area contributed by atoms with Crippen LogP contribution in [0.4, 0.5) is 0 Å². The van der Waals surface area contributed by atoms with Crippen LogP contribution >= 0.6 is 0 Å². The van der Waals surface area contributed by atoms with Crippen molar-refractivity contribution >= 4 is 15.8 Å². The van der Waals surface area contributed by atoms with Gasteiger partial charge in [0.1, 0.15) is 10.6 Å². The summed E-state index contributed by atoms with van der Waals surface area (Å²) in [5.74, 6) is -0.398. The lowest BCUT2D eigenvalue weighted by Crippen LogP contribution is -2.55. The molecule has 0 saturated carbocycles. The normalized spacial score (nSPS) is 17.7. The highest BCUT2D eigenvalue weighted by Gasteiger charge is 2.54. The number of benzene rings is 1. The van der Waals surface area contributed by atoms with E-state index in [0.717, 1.165) is 19.4 Å². The van der Waals surface area contributed by atoms with Crippen molar-refractivity contribution in [2.24, 2.45) is 0 Å². The molecule has 1 heterocycles. The van der Waals surface area contributed by atoms with E-state index in [0.29, 0.717) is 13.1 Å². The number of hydrogen-bond acceptors (Lipinski definition) is 6. The predicted molar refractivity (Wildman–Crippen MR) is 100 cm³/mol. The maximum absolute atomic E-state index is 13.5. The van der Waals surface area contributed by atoms with Crippen LogP contribution in [0.2, 0.25) is 0 Å². The minimum atomic E-state index is -3.96. The Hall–Kier alpha value is -1.60. The Balaban J connectivity index is 2.41. The topological polar surface area (TPSA) is 72.9 Å². The van der Waals surface area contributed by atoms with Gasteiger partial charge in [-0.15, -0.1) is 0 Å². The second-order valence-electron chi connectivity index (χ2n) is 6.56. The second-order valence-corrected chi connectivity index (χ2v) is 8.79. The molecule has 0 amide bonds. The standard InChI is InChI=1S/C19H29NO5S/c1-4-6-13-20-14-11-19(12-15-20,18(21)25-5-2)26(22,23)17-10-8-7-9-16(17)24-3/h7-10H,4-6,11-15H2,1-3H3. The first-order chi connectivity index (χ1) is 12.4. The van der Waals surface area contributed by atoms with Crippen LogP contribution in [-0.2, 0) is 19.4 Å². The molecule has 6 nitrogen and oxygen atoms in total. The fourth-order valence-electron chi connectivity index (χ4n) is 3.42. The molecule has 0 unspecified atom stereocenters. The van der Waals surface area contributed by atoms with Crippen molar-refractivity contribution in [3.8, 4) is 5.75 Å². The van der Waals surface area contributed by atoms with E-state index in [1.54, 1.807) is 25.1 Å². The summed E-state index contributed by atoms with van der Waals surface area (Å²) in [6, 6.07) is 6.45. The molecule has 2 rings (SSSR count). The summed E-state index contributed by atoms with van der Waals surface area (Å²) in [7, 11) is -2.53. The Morgan fingerprint density at radius 1 is 1.19 bits per heavy atom. The lowest BCUT2D eigenvalue weighted by atomic mass is 9.95. The van der Waals surface area contributed by atoms with Gasteiger partial charge >= 0.3 is 5.97 Å². The molecule has 0 radical (unpaired) electrons. The number of para-hydroxylation sites is 1. The lowest BCUT2D eigenvalue weighted by Gasteiger charge is -2.39. The van der Waals surface area contributed by atoms with Gasteiger partial charge in [0.25, 0.3) is 0 Å². The quantitative estimate of drug-likeness (QED) is 0.643. The molecule has 146 valence electrons. The fraction of sp³-hybridized carbons (Fsp3) is 0.632. The summed E-state index contributed by atoms with van der Waals surface area (Å²) in [6.45, 7) is 6.02. The summed E-state index contributed by atoms with van der Waals surface area (Å²) in [5, 5.41) is 0. The molecule has 1 aliphatic heterocycles. The second kappa shape index (κ2) is 8.86. The van der Waals surface area contributed by atoms with Crippen LogP contribution in [0.5, 0.6) is 5.75 Å². The first-order valence-electron chi connectivity index (χ1n) is 9.20. The Bertz CT molecular complexity index is 708. The lowest BCUT2D eigenvalue weighted by molar-refractivity contribution is -0.147. The number of methoxy groups -OCH3 is 1. The van der Waals surface area contributed by atoms with E-state index in [4.69, 9.17) is 9.47 Å². The molecule has 0 aliphatic carbocycles. The van der Waals surface area contributed by atoms with Crippen LogP contribution in [-0.4, -0.2) is 57.4 Å². The van der Waals surface area contributed by atoms with E-state index in [1.807, 2.05) is 0 Å². The van der Waals surface area contributed by atoms with Gasteiger partial charge in [-0.25, -0.2) is 8.42 Å². The van der Waals surface area contributed by atoms with Crippen molar-refractivity contribution in [1.82, 2.24) is 4.90 Å². The van der Waals surface area contributed by atoms with Gasteiger partial charge < -0.3 is 14.4 Å². The number of sulfone groups is 1. The molecule has 0 aromatic heterocycles. The van der Waals surface area contributed by atoms with Gasteiger partial charge in [0.15, 0.2) is 14.6 Å². The molecule has 1 saturated heterocycles. The minimum absolute atomic E-state index is 0.0533. The molecule has 1 aliphatic rings. The molecule has 1 fully saturated rings. The number of ether oxygens (including phenoxy) is 2. The maximum Gasteiger partial charge on any atom is 0.327 e. The summed E-state index contributed by atoms with van der Waals surface area (Å²) in [6.07, 6.45) is 2.61. The summed E-state index contributed by atoms with van der Waals surface area (Å²) < 4.78 is 35.9. The first kappa shape index (κ1) is 20.7. The number of unbranched alkanes of at least 4 members (excludes halogenated alkanes) is 1. The fourth-order valence-corrected chi connectivity index (χ4v) is 5.51. The van der Waals surface area contributed by atoms with Crippen LogP contribution in [0.3, 0.4) is 0 Å². The van der Waals surface area contributed by atoms with E-state index in [1.165, 1.54) is 13.2 Å². The van der Waals surface area contributed by atoms with Gasteiger partial charge in [-0.2, -0.15) is 0 Å². The number of piperidine rings is 1. The van der Waals surface area contributed by atoms with E-state index < -0.39 is 20.6 Å². The van der Waals surface area contributed by atoms with Crippen LogP contribution in [0.1, 0.15) is 39.5 Å². The highest BCUT2D eigenvalue weighted by atomic mass is 32.2. The van der Waals surface area contributed by atoms with Crippen LogP contribution in [0.15, 0.2) is 29.2 Å². The smallest absolute Gasteiger partial charge is 0.327 e. The number of rotatable bonds is 8. The Morgan fingerprint density at radius 3 is 2.42 bits per heavy atom. The van der Waals surface area contributed by atoms with Crippen molar-refractivity contribution in [3.63, 3.8) is 0 Å². The SMILES string of the molecule is CCCCN1CCC(C(=O)OCC)(S(=O)(=O)c2ccccc2OC)CC1. The summed E-state index contributed by atoms with van der Waals surface area (Å²) >= 11 is 0. The van der Waals surface area contributed by atoms with E-state index in [-0.39, 0.29) is 30.1 Å². The zero-order chi connectivity index (χ0) is 19.2. The average Bonchev–Trinajstić information content (AvgIpc) is 2.66. The number of carbonyl (C=O) groups excluding carboxylic acids is 1. The van der Waals surface area contributed by atoms with Gasteiger partial charge in [-0.3, -0.25) is 4.79 Å². The van der Waals surface area contributed by atoms with E-state index >= 15 is 0 Å². The largest absolute Gasteiger partial charge is 0.495 e. The summed E-state index contributed by atoms with van der Waals surface area (Å²) in [4.78, 5) is 15.1. The third kappa shape index (κ3) is 3.88. The monoisotopic (exact) mass is 383 g/mol. The highest BCUT2D eigenvalue weighted by molar-refractivity contribution is 7.93. The molecule has 1 aromatic carbocycles. The molecule has 0 atom stereocenters. The zero-order valence-electron chi connectivity index (χ0n) is 15.9. The number of carbonyl (C=O) groups is 1. The third-order valence-corrected chi connectivity index (χ3v) is 7.53. The Kier molecular flexibility index (Phi) is 7.06. The van der Waals surface area contributed by atoms with Crippen LogP contribution in [0.25, 0.3) is 0 Å². The third-order valence-electron chi connectivity index (χ3n) is 5.01. The minimum Gasteiger partial charge on any atom is -0.495 e. The van der Waals surface area contributed by atoms with Gasteiger partial charge in [-0.05, 0) is 44.9 Å². The van der Waals surface area contributed by atoms with Crippen LogP contribution < -0.4 is 4.74 Å². The number of hydrogen-bond donors (Lipinski definition) is 0. The Morgan fingerprint density at radius 2 is 1.85 bits per heavy atom. The predicted octanol–water partition coefficient (Wildman–Crippen LogP) is 2.67. The molecular formula is C19H29NO5S.